The zero-order chi connectivity index (χ0) is 16.8. The van der Waals surface area contributed by atoms with Gasteiger partial charge in [0.25, 0.3) is 5.69 Å². The van der Waals surface area contributed by atoms with Crippen molar-refractivity contribution in [2.75, 3.05) is 20.3 Å². The van der Waals surface area contributed by atoms with Gasteiger partial charge in [0.15, 0.2) is 17.2 Å². The van der Waals surface area contributed by atoms with Gasteiger partial charge >= 0.3 is 0 Å². The number of halogens is 2. The summed E-state index contributed by atoms with van der Waals surface area (Å²) in [5.74, 6) is 1.02. The van der Waals surface area contributed by atoms with Crippen LogP contribution in [0.25, 0.3) is 0 Å². The minimum Gasteiger partial charge on any atom is -0.493 e. The van der Waals surface area contributed by atoms with E-state index in [1.807, 2.05) is 0 Å². The molecule has 0 aliphatic rings. The Labute approximate surface area is 142 Å². The molecule has 0 saturated heterocycles. The van der Waals surface area contributed by atoms with Gasteiger partial charge in [0.1, 0.15) is 13.2 Å². The van der Waals surface area contributed by atoms with E-state index < -0.39 is 4.92 Å². The summed E-state index contributed by atoms with van der Waals surface area (Å²) in [4.78, 5) is 10.3. The van der Waals surface area contributed by atoms with Gasteiger partial charge < -0.3 is 14.2 Å². The fourth-order valence-electron chi connectivity index (χ4n) is 1.81. The maximum atomic E-state index is 10.8. The summed E-state index contributed by atoms with van der Waals surface area (Å²) in [6, 6.07) is 9.13. The molecule has 2 rings (SSSR count). The first-order chi connectivity index (χ1) is 11.0. The predicted octanol–water partition coefficient (Wildman–Crippen LogP) is 4.37. The topological polar surface area (TPSA) is 70.8 Å². The van der Waals surface area contributed by atoms with Crippen LogP contribution in [0.5, 0.6) is 17.2 Å². The molecule has 2 aromatic carbocycles. The van der Waals surface area contributed by atoms with Crippen LogP contribution in [0.2, 0.25) is 10.0 Å². The highest BCUT2D eigenvalue weighted by Crippen LogP contribution is 2.33. The standard InChI is InChI=1S/C15H13Cl2NO5/c1-21-13-6-5-10(18(19)20)9-14(13)22-7-8-23-15-11(16)3-2-4-12(15)17/h2-6,9H,7-8H2,1H3. The summed E-state index contributed by atoms with van der Waals surface area (Å²) in [6.45, 7) is 0.300. The van der Waals surface area contributed by atoms with E-state index in [0.717, 1.165) is 0 Å². The lowest BCUT2D eigenvalue weighted by molar-refractivity contribution is -0.385. The van der Waals surface area contributed by atoms with Gasteiger partial charge in [0.2, 0.25) is 0 Å². The van der Waals surface area contributed by atoms with E-state index in [9.17, 15) is 10.1 Å². The Kier molecular flexibility index (Phi) is 5.90. The van der Waals surface area contributed by atoms with Crippen LogP contribution in [-0.4, -0.2) is 25.2 Å². The lowest BCUT2D eigenvalue weighted by Gasteiger charge is -2.12. The van der Waals surface area contributed by atoms with Gasteiger partial charge in [-0.25, -0.2) is 0 Å². The van der Waals surface area contributed by atoms with Crippen molar-refractivity contribution in [1.29, 1.82) is 0 Å². The summed E-state index contributed by atoms with van der Waals surface area (Å²) in [5, 5.41) is 11.6. The summed E-state index contributed by atoms with van der Waals surface area (Å²) < 4.78 is 16.1. The highest BCUT2D eigenvalue weighted by atomic mass is 35.5. The molecule has 0 aliphatic heterocycles. The van der Waals surface area contributed by atoms with E-state index >= 15 is 0 Å². The van der Waals surface area contributed by atoms with Crippen molar-refractivity contribution >= 4 is 28.9 Å². The van der Waals surface area contributed by atoms with Crippen molar-refractivity contribution in [3.8, 4) is 17.2 Å². The molecule has 2 aromatic rings. The van der Waals surface area contributed by atoms with E-state index in [4.69, 9.17) is 37.4 Å². The van der Waals surface area contributed by atoms with Crippen molar-refractivity contribution in [2.24, 2.45) is 0 Å². The minimum atomic E-state index is -0.508. The molecular formula is C15H13Cl2NO5. The highest BCUT2D eigenvalue weighted by molar-refractivity contribution is 6.37. The van der Waals surface area contributed by atoms with Crippen molar-refractivity contribution in [2.45, 2.75) is 0 Å². The zero-order valence-electron chi connectivity index (χ0n) is 12.1. The lowest BCUT2D eigenvalue weighted by Crippen LogP contribution is -2.10. The molecule has 0 radical (unpaired) electrons. The van der Waals surface area contributed by atoms with E-state index in [0.29, 0.717) is 21.5 Å². The molecule has 6 nitrogen and oxygen atoms in total. The Balaban J connectivity index is 1.98. The monoisotopic (exact) mass is 357 g/mol. The molecule has 0 atom stereocenters. The van der Waals surface area contributed by atoms with Gasteiger partial charge in [-0.2, -0.15) is 0 Å². The third kappa shape index (κ3) is 4.40. The maximum Gasteiger partial charge on any atom is 0.273 e. The summed E-state index contributed by atoms with van der Waals surface area (Å²) in [5.41, 5.74) is -0.0872. The number of benzene rings is 2. The van der Waals surface area contributed by atoms with Crippen molar-refractivity contribution in [3.05, 3.63) is 56.6 Å². The zero-order valence-corrected chi connectivity index (χ0v) is 13.6. The first kappa shape index (κ1) is 17.2. The second-order valence-corrected chi connectivity index (χ2v) is 5.15. The highest BCUT2D eigenvalue weighted by Gasteiger charge is 2.13. The number of nitro groups is 1. The predicted molar refractivity (Wildman–Crippen MR) is 87.1 cm³/mol. The Hall–Kier alpha value is -2.18. The molecular weight excluding hydrogens is 345 g/mol. The Morgan fingerprint density at radius 1 is 1.04 bits per heavy atom. The van der Waals surface area contributed by atoms with Crippen LogP contribution >= 0.6 is 23.2 Å². The van der Waals surface area contributed by atoms with Crippen LogP contribution in [-0.2, 0) is 0 Å². The molecule has 23 heavy (non-hydrogen) atoms. The second kappa shape index (κ2) is 7.89. The average Bonchev–Trinajstić information content (AvgIpc) is 2.53. The number of nitro benzene ring substituents is 1. The SMILES string of the molecule is COc1ccc([N+](=O)[O-])cc1OCCOc1c(Cl)cccc1Cl. The van der Waals surface area contributed by atoms with Crippen LogP contribution < -0.4 is 14.2 Å². The Morgan fingerprint density at radius 3 is 2.30 bits per heavy atom. The average molecular weight is 358 g/mol. The number of para-hydroxylation sites is 1. The normalized spacial score (nSPS) is 10.2. The summed E-state index contributed by atoms with van der Waals surface area (Å²) in [6.07, 6.45) is 0. The van der Waals surface area contributed by atoms with E-state index in [1.165, 1.54) is 25.3 Å². The molecule has 0 aliphatic carbocycles. The molecule has 0 spiro atoms. The lowest BCUT2D eigenvalue weighted by atomic mass is 10.3. The molecule has 122 valence electrons. The van der Waals surface area contributed by atoms with E-state index in [1.54, 1.807) is 18.2 Å². The first-order valence-corrected chi connectivity index (χ1v) is 7.30. The van der Waals surface area contributed by atoms with Crippen LogP contribution in [0.15, 0.2) is 36.4 Å². The van der Waals surface area contributed by atoms with Gasteiger partial charge in [-0.15, -0.1) is 0 Å². The van der Waals surface area contributed by atoms with Crippen LogP contribution in [0, 0.1) is 10.1 Å². The van der Waals surface area contributed by atoms with Crippen LogP contribution in [0.3, 0.4) is 0 Å². The van der Waals surface area contributed by atoms with Crippen molar-refractivity contribution < 1.29 is 19.1 Å². The number of nitrogens with zero attached hydrogens (tertiary/aromatic N) is 1. The number of rotatable bonds is 7. The fourth-order valence-corrected chi connectivity index (χ4v) is 2.31. The van der Waals surface area contributed by atoms with Gasteiger partial charge in [0, 0.05) is 6.07 Å². The minimum absolute atomic E-state index is 0.0872. The number of hydrogen-bond acceptors (Lipinski definition) is 5. The third-order valence-electron chi connectivity index (χ3n) is 2.86. The number of hydrogen-bond donors (Lipinski definition) is 0. The van der Waals surface area contributed by atoms with Gasteiger partial charge in [0.05, 0.1) is 28.1 Å². The number of methoxy groups -OCH3 is 1. The third-order valence-corrected chi connectivity index (χ3v) is 3.46. The molecule has 0 fully saturated rings. The molecule has 8 heteroatoms. The summed E-state index contributed by atoms with van der Waals surface area (Å²) in [7, 11) is 1.45. The smallest absolute Gasteiger partial charge is 0.273 e. The first-order valence-electron chi connectivity index (χ1n) is 6.55. The van der Waals surface area contributed by atoms with Crippen molar-refractivity contribution in [3.63, 3.8) is 0 Å². The van der Waals surface area contributed by atoms with Gasteiger partial charge in [-0.3, -0.25) is 10.1 Å². The fraction of sp³-hybridized carbons (Fsp3) is 0.200. The number of ether oxygens (including phenoxy) is 3. The molecule has 0 bridgehead atoms. The van der Waals surface area contributed by atoms with E-state index in [2.05, 4.69) is 0 Å². The Bertz CT molecular complexity index is 688. The second-order valence-electron chi connectivity index (χ2n) is 4.34. The van der Waals surface area contributed by atoms with Crippen LogP contribution in [0.4, 0.5) is 5.69 Å². The number of non-ortho nitro benzene ring substituents is 1. The molecule has 0 N–H and O–H groups in total. The summed E-state index contributed by atoms with van der Waals surface area (Å²) >= 11 is 12.0. The molecule has 0 aromatic heterocycles. The largest absolute Gasteiger partial charge is 0.493 e. The molecule has 0 amide bonds. The van der Waals surface area contributed by atoms with Crippen molar-refractivity contribution in [1.82, 2.24) is 0 Å². The maximum absolute atomic E-state index is 10.8. The van der Waals surface area contributed by atoms with Gasteiger partial charge in [-0.05, 0) is 18.2 Å². The van der Waals surface area contributed by atoms with E-state index in [-0.39, 0.29) is 24.7 Å². The Morgan fingerprint density at radius 2 is 1.70 bits per heavy atom. The molecule has 0 saturated carbocycles. The van der Waals surface area contributed by atoms with Gasteiger partial charge in [-0.1, -0.05) is 29.3 Å². The quantitative estimate of drug-likeness (QED) is 0.418. The molecule has 0 unspecified atom stereocenters. The van der Waals surface area contributed by atoms with Crippen LogP contribution in [0.1, 0.15) is 0 Å². The molecule has 0 heterocycles.